The summed E-state index contributed by atoms with van der Waals surface area (Å²) in [7, 11) is 0. The molecule has 0 aliphatic carbocycles. The molecule has 28 heavy (non-hydrogen) atoms. The highest BCUT2D eigenvalue weighted by Gasteiger charge is 2.05. The first-order valence-electron chi connectivity index (χ1n) is 11.4. The van der Waals surface area contributed by atoms with Gasteiger partial charge in [-0.3, -0.25) is 0 Å². The molecule has 3 heteroatoms. The maximum absolute atomic E-state index is 9.86. The van der Waals surface area contributed by atoms with E-state index in [0.717, 1.165) is 17.3 Å². The summed E-state index contributed by atoms with van der Waals surface area (Å²) in [6.45, 7) is 3.36. The minimum atomic E-state index is 0. The highest BCUT2D eigenvalue weighted by atomic mass is 79.9. The van der Waals surface area contributed by atoms with Crippen molar-refractivity contribution in [2.75, 3.05) is 0 Å². The summed E-state index contributed by atoms with van der Waals surface area (Å²) in [5.74, 6) is 0.371. The summed E-state index contributed by atoms with van der Waals surface area (Å²) in [6.07, 6.45) is 23.9. The van der Waals surface area contributed by atoms with E-state index in [9.17, 15) is 5.11 Å². The molecule has 0 fully saturated rings. The van der Waals surface area contributed by atoms with E-state index >= 15 is 0 Å². The standard InChI is InChI=1S/C25H39NO.BrH/c1-2-3-4-5-6-7-8-9-10-11-12-13-14-15-20-26-21-19-24-23(22-26)17-16-18-25(24)27;/h16-19,21-22H,2-15,20H2,1H3;1H. The summed E-state index contributed by atoms with van der Waals surface area (Å²) >= 11 is 0. The van der Waals surface area contributed by atoms with Gasteiger partial charge in [-0.25, -0.2) is 4.57 Å². The fourth-order valence-electron chi connectivity index (χ4n) is 3.88. The van der Waals surface area contributed by atoms with Crippen molar-refractivity contribution in [1.82, 2.24) is 0 Å². The number of benzene rings is 1. The fourth-order valence-corrected chi connectivity index (χ4v) is 3.88. The Kier molecular flexibility index (Phi) is 14.1. The topological polar surface area (TPSA) is 24.1 Å². The number of fused-ring (bicyclic) bond motifs is 1. The van der Waals surface area contributed by atoms with E-state index in [1.54, 1.807) is 6.07 Å². The van der Waals surface area contributed by atoms with E-state index in [2.05, 4.69) is 30.0 Å². The Morgan fingerprint density at radius 1 is 0.714 bits per heavy atom. The normalized spacial score (nSPS) is 10.9. The molecule has 158 valence electrons. The number of hydrogen-bond acceptors (Lipinski definition) is 1. The van der Waals surface area contributed by atoms with Crippen LogP contribution in [-0.4, -0.2) is 5.11 Å². The highest BCUT2D eigenvalue weighted by molar-refractivity contribution is 5.86. The highest BCUT2D eigenvalue weighted by Crippen LogP contribution is 2.22. The number of rotatable bonds is 15. The molecule has 0 spiro atoms. The van der Waals surface area contributed by atoms with Gasteiger partial charge in [-0.2, -0.15) is 0 Å². The van der Waals surface area contributed by atoms with E-state index in [-0.39, 0.29) is 17.0 Å². The second-order valence-electron chi connectivity index (χ2n) is 8.06. The van der Waals surface area contributed by atoms with Gasteiger partial charge in [0.15, 0.2) is 12.4 Å². The van der Waals surface area contributed by atoms with Gasteiger partial charge in [0.1, 0.15) is 12.3 Å². The lowest BCUT2D eigenvalue weighted by Crippen LogP contribution is -3.00. The van der Waals surface area contributed by atoms with Gasteiger partial charge in [-0.1, -0.05) is 90.0 Å². The molecule has 0 amide bonds. The van der Waals surface area contributed by atoms with E-state index in [1.165, 1.54) is 89.9 Å². The molecule has 2 nitrogen and oxygen atoms in total. The van der Waals surface area contributed by atoms with E-state index < -0.39 is 0 Å². The maximum Gasteiger partial charge on any atom is 0.176 e. The predicted molar refractivity (Wildman–Crippen MR) is 116 cm³/mol. The Balaban J connectivity index is 0.00000392. The molecule has 2 aromatic rings. The Bertz CT molecular complexity index is 643. The number of phenols is 1. The van der Waals surface area contributed by atoms with Crippen LogP contribution in [0.4, 0.5) is 0 Å². The molecule has 1 heterocycles. The Morgan fingerprint density at radius 2 is 1.25 bits per heavy atom. The van der Waals surface area contributed by atoms with Crippen molar-refractivity contribution in [2.24, 2.45) is 0 Å². The van der Waals surface area contributed by atoms with Crippen molar-refractivity contribution in [2.45, 2.75) is 103 Å². The van der Waals surface area contributed by atoms with Gasteiger partial charge in [0, 0.05) is 23.3 Å². The van der Waals surface area contributed by atoms with Crippen molar-refractivity contribution in [3.05, 3.63) is 36.7 Å². The van der Waals surface area contributed by atoms with Crippen LogP contribution >= 0.6 is 0 Å². The van der Waals surface area contributed by atoms with Crippen molar-refractivity contribution < 1.29 is 26.7 Å². The maximum atomic E-state index is 9.86. The van der Waals surface area contributed by atoms with E-state index in [1.807, 2.05) is 12.1 Å². The second-order valence-corrected chi connectivity index (χ2v) is 8.06. The molecule has 0 aliphatic rings. The number of phenolic OH excluding ortho intramolecular Hbond substituents is 1. The van der Waals surface area contributed by atoms with Crippen molar-refractivity contribution in [1.29, 1.82) is 0 Å². The molecule has 0 atom stereocenters. The van der Waals surface area contributed by atoms with Crippen LogP contribution < -0.4 is 21.5 Å². The fraction of sp³-hybridized carbons (Fsp3) is 0.640. The molecular formula is C25H40BrNO. The Labute approximate surface area is 183 Å². The van der Waals surface area contributed by atoms with Crippen LogP contribution in [0, 0.1) is 0 Å². The second kappa shape index (κ2) is 15.8. The molecule has 1 aromatic carbocycles. The van der Waals surface area contributed by atoms with Crippen LogP contribution in [0.2, 0.25) is 0 Å². The van der Waals surface area contributed by atoms with Crippen LogP contribution in [0.5, 0.6) is 5.75 Å². The molecule has 2 rings (SSSR count). The number of nitrogens with zero attached hydrogens (tertiary/aromatic N) is 1. The molecule has 0 unspecified atom stereocenters. The van der Waals surface area contributed by atoms with Gasteiger partial charge < -0.3 is 22.1 Å². The average Bonchev–Trinajstić information content (AvgIpc) is 2.68. The number of aromatic hydroxyl groups is 1. The lowest BCUT2D eigenvalue weighted by Gasteiger charge is -2.03. The van der Waals surface area contributed by atoms with Crippen LogP contribution in [0.25, 0.3) is 10.8 Å². The van der Waals surface area contributed by atoms with Crippen LogP contribution in [0.1, 0.15) is 96.8 Å². The van der Waals surface area contributed by atoms with Crippen LogP contribution in [-0.2, 0) is 6.54 Å². The number of halogens is 1. The third kappa shape index (κ3) is 9.91. The molecule has 0 aliphatic heterocycles. The quantitative estimate of drug-likeness (QED) is 0.317. The molecule has 1 N–H and O–H groups in total. The Morgan fingerprint density at radius 3 is 1.82 bits per heavy atom. The zero-order valence-electron chi connectivity index (χ0n) is 17.8. The van der Waals surface area contributed by atoms with Crippen molar-refractivity contribution in [3.63, 3.8) is 0 Å². The largest absolute Gasteiger partial charge is 1.00 e. The summed E-state index contributed by atoms with van der Waals surface area (Å²) in [6, 6.07) is 7.75. The SMILES string of the molecule is CCCCCCCCCCCCCCCC[n+]1ccc2c(O)cccc2c1.[Br-]. The Hall–Kier alpha value is -1.09. The molecule has 1 aromatic heterocycles. The molecular weight excluding hydrogens is 410 g/mol. The molecule has 0 saturated carbocycles. The van der Waals surface area contributed by atoms with Gasteiger partial charge in [0.25, 0.3) is 0 Å². The van der Waals surface area contributed by atoms with Crippen molar-refractivity contribution in [3.8, 4) is 5.75 Å². The number of unbranched alkanes of at least 4 members (excludes halogenated alkanes) is 13. The van der Waals surface area contributed by atoms with Gasteiger partial charge in [0.2, 0.25) is 0 Å². The summed E-state index contributed by atoms with van der Waals surface area (Å²) in [4.78, 5) is 0. The summed E-state index contributed by atoms with van der Waals surface area (Å²) < 4.78 is 2.25. The van der Waals surface area contributed by atoms with Crippen LogP contribution in [0.15, 0.2) is 36.7 Å². The first-order valence-corrected chi connectivity index (χ1v) is 11.4. The molecule has 0 saturated heterocycles. The third-order valence-corrected chi connectivity index (χ3v) is 5.62. The van der Waals surface area contributed by atoms with E-state index in [4.69, 9.17) is 0 Å². The zero-order valence-corrected chi connectivity index (χ0v) is 19.4. The van der Waals surface area contributed by atoms with Crippen LogP contribution in [0.3, 0.4) is 0 Å². The minimum absolute atomic E-state index is 0. The minimum Gasteiger partial charge on any atom is -1.00 e. The summed E-state index contributed by atoms with van der Waals surface area (Å²) in [5, 5.41) is 11.9. The number of aromatic nitrogens is 1. The smallest absolute Gasteiger partial charge is 0.176 e. The lowest BCUT2D eigenvalue weighted by molar-refractivity contribution is -0.696. The number of aryl methyl sites for hydroxylation is 1. The van der Waals surface area contributed by atoms with Gasteiger partial charge in [0.05, 0.1) is 0 Å². The number of hydrogen-bond donors (Lipinski definition) is 1. The zero-order chi connectivity index (χ0) is 19.2. The average molecular weight is 451 g/mol. The lowest BCUT2D eigenvalue weighted by atomic mass is 10.0. The van der Waals surface area contributed by atoms with Gasteiger partial charge >= 0.3 is 0 Å². The first kappa shape index (κ1) is 24.9. The summed E-state index contributed by atoms with van der Waals surface area (Å²) in [5.41, 5.74) is 0. The molecule has 0 bridgehead atoms. The van der Waals surface area contributed by atoms with Gasteiger partial charge in [-0.15, -0.1) is 0 Å². The predicted octanol–water partition coefficient (Wildman–Crippen LogP) is 4.32. The molecule has 0 radical (unpaired) electrons. The third-order valence-electron chi connectivity index (χ3n) is 5.62. The van der Waals surface area contributed by atoms with Gasteiger partial charge in [-0.05, 0) is 18.6 Å². The monoisotopic (exact) mass is 449 g/mol. The first-order chi connectivity index (χ1) is 13.3. The van der Waals surface area contributed by atoms with E-state index in [0.29, 0.717) is 5.75 Å². The number of pyridine rings is 1. The van der Waals surface area contributed by atoms with Crippen molar-refractivity contribution >= 4 is 10.8 Å².